The first-order valence-electron chi connectivity index (χ1n) is 1.10. The standard InChI is InChI=1S/C2H6OS.ClH.Pt/c1-4(2)3;;/h1-2H3;1H;/q;;+2/p-1. The van der Waals surface area contributed by atoms with Gasteiger partial charge in [0.1, 0.15) is 0 Å². The molecule has 1 nitrogen and oxygen atoms in total. The maximum atomic E-state index is 9.56. The summed E-state index contributed by atoms with van der Waals surface area (Å²) in [6.45, 7) is 0. The second-order valence-corrected chi connectivity index (χ2v) is 2.22. The van der Waals surface area contributed by atoms with Gasteiger partial charge in [0.15, 0.2) is 0 Å². The molecule has 0 rings (SSSR count). The first-order valence-corrected chi connectivity index (χ1v) is 5.88. The molecule has 0 bridgehead atoms. The van der Waals surface area contributed by atoms with Gasteiger partial charge >= 0.3 is 28.2 Å². The summed E-state index contributed by atoms with van der Waals surface area (Å²) in [6, 6.07) is 0. The van der Waals surface area contributed by atoms with Gasteiger partial charge in [-0.3, -0.25) is 4.21 Å². The molecule has 4 heteroatoms. The van der Waals surface area contributed by atoms with Crippen LogP contribution in [0.2, 0.25) is 0 Å². The average Bonchev–Trinajstić information content (AvgIpc) is 1.41. The van der Waals surface area contributed by atoms with Crippen molar-refractivity contribution < 1.29 is 23.0 Å². The quantitative estimate of drug-likeness (QED) is 0.643. The minimum absolute atomic E-state index is 0.611. The van der Waals surface area contributed by atoms with Crippen LogP contribution in [0.1, 0.15) is 0 Å². The fourth-order valence-electron chi connectivity index (χ4n) is 0. The van der Waals surface area contributed by atoms with E-state index >= 15 is 0 Å². The topological polar surface area (TPSA) is 17.1 Å². The molecule has 0 aliphatic heterocycles. The Kier molecular flexibility index (Phi) is 16.0. The maximum absolute atomic E-state index is 9.56. The molecule has 0 saturated heterocycles. The summed E-state index contributed by atoms with van der Waals surface area (Å²) < 4.78 is 9.56. The third kappa shape index (κ3) is 68.7. The van der Waals surface area contributed by atoms with Crippen LogP contribution in [0.4, 0.5) is 0 Å². The molecule has 42 valence electrons. The van der Waals surface area contributed by atoms with Crippen LogP contribution in [0, 0.1) is 0 Å². The minimum atomic E-state index is -0.611. The van der Waals surface area contributed by atoms with Crippen molar-refractivity contribution in [2.75, 3.05) is 12.5 Å². The third-order valence-electron chi connectivity index (χ3n) is 0. The Balaban J connectivity index is 0. The van der Waals surface area contributed by atoms with Gasteiger partial charge in [-0.05, 0) is 0 Å². The van der Waals surface area contributed by atoms with E-state index in [-0.39, 0.29) is 0 Å². The Morgan fingerprint density at radius 3 is 1.50 bits per heavy atom. The molecule has 0 aromatic heterocycles. The summed E-state index contributed by atoms with van der Waals surface area (Å²) in [7, 11) is 4.00. The van der Waals surface area contributed by atoms with Crippen molar-refractivity contribution in [3.05, 3.63) is 0 Å². The summed E-state index contributed by atoms with van der Waals surface area (Å²) in [5.41, 5.74) is 0. The van der Waals surface area contributed by atoms with Crippen LogP contribution in [-0.2, 0) is 29.6 Å². The SMILES string of the molecule is CS(C)=O.[Cl][Pt+]. The van der Waals surface area contributed by atoms with Crippen molar-refractivity contribution >= 4 is 20.2 Å². The number of hydrogen-bond donors (Lipinski definition) is 0. The van der Waals surface area contributed by atoms with Crippen LogP contribution in [0.15, 0.2) is 0 Å². The van der Waals surface area contributed by atoms with E-state index in [0.29, 0.717) is 0 Å². The number of rotatable bonds is 0. The summed E-state index contributed by atoms with van der Waals surface area (Å²) in [5, 5.41) is 0. The Labute approximate surface area is 55.7 Å². The van der Waals surface area contributed by atoms with E-state index in [1.165, 1.54) is 0 Å². The molecule has 0 aliphatic rings. The summed E-state index contributed by atoms with van der Waals surface area (Å²) >= 11 is 1.61. The van der Waals surface area contributed by atoms with Gasteiger partial charge in [0.25, 0.3) is 0 Å². The Morgan fingerprint density at radius 2 is 1.50 bits per heavy atom. The molecular formula is C2H6ClOPtS+. The molecule has 0 saturated carbocycles. The van der Waals surface area contributed by atoms with E-state index in [1.54, 1.807) is 31.3 Å². The molecule has 0 atom stereocenters. The molecule has 0 radical (unpaired) electrons. The van der Waals surface area contributed by atoms with Gasteiger partial charge in [-0.1, -0.05) is 0 Å². The van der Waals surface area contributed by atoms with Crippen molar-refractivity contribution in [3.8, 4) is 0 Å². The number of halogens is 1. The predicted octanol–water partition coefficient (Wildman–Crippen LogP) is 0.682. The van der Waals surface area contributed by atoms with Gasteiger partial charge < -0.3 is 0 Å². The fourth-order valence-corrected chi connectivity index (χ4v) is 0. The first kappa shape index (κ1) is 10.2. The van der Waals surface area contributed by atoms with Gasteiger partial charge in [0.05, 0.1) is 0 Å². The van der Waals surface area contributed by atoms with E-state index in [4.69, 9.17) is 0 Å². The van der Waals surface area contributed by atoms with Crippen LogP contribution < -0.4 is 0 Å². The normalized spacial score (nSPS) is 7.00. The molecule has 0 amide bonds. The first-order chi connectivity index (χ1) is 2.73. The molecular weight excluding hydrogens is 303 g/mol. The predicted molar refractivity (Wildman–Crippen MR) is 25.8 cm³/mol. The van der Waals surface area contributed by atoms with Gasteiger partial charge in [-0.25, -0.2) is 0 Å². The van der Waals surface area contributed by atoms with Crippen LogP contribution in [-0.4, -0.2) is 16.7 Å². The molecule has 0 aliphatic carbocycles. The Morgan fingerprint density at radius 1 is 1.50 bits per heavy atom. The zero-order valence-electron chi connectivity index (χ0n) is 3.51. The summed E-state index contributed by atoms with van der Waals surface area (Å²) in [6.07, 6.45) is 3.28. The second-order valence-electron chi connectivity index (χ2n) is 0.742. The van der Waals surface area contributed by atoms with Crippen molar-refractivity contribution in [2.45, 2.75) is 0 Å². The van der Waals surface area contributed by atoms with E-state index in [2.05, 4.69) is 9.42 Å². The zero-order valence-corrected chi connectivity index (χ0v) is 7.36. The average molecular weight is 309 g/mol. The monoisotopic (exact) mass is 308 g/mol. The summed E-state index contributed by atoms with van der Waals surface area (Å²) in [4.78, 5) is 0. The molecule has 0 fully saturated rings. The Bertz CT molecular complexity index is 36.5. The molecule has 0 aromatic rings. The van der Waals surface area contributed by atoms with Crippen molar-refractivity contribution in [3.63, 3.8) is 0 Å². The third-order valence-corrected chi connectivity index (χ3v) is 0. The molecule has 0 spiro atoms. The van der Waals surface area contributed by atoms with E-state index in [1.807, 2.05) is 0 Å². The van der Waals surface area contributed by atoms with Crippen LogP contribution in [0.5, 0.6) is 0 Å². The van der Waals surface area contributed by atoms with Crippen LogP contribution in [0.25, 0.3) is 0 Å². The molecule has 0 N–H and O–H groups in total. The van der Waals surface area contributed by atoms with E-state index < -0.39 is 10.8 Å². The van der Waals surface area contributed by atoms with Crippen molar-refractivity contribution in [2.24, 2.45) is 0 Å². The molecule has 6 heavy (non-hydrogen) atoms. The van der Waals surface area contributed by atoms with E-state index in [9.17, 15) is 4.21 Å². The van der Waals surface area contributed by atoms with Crippen LogP contribution in [0.3, 0.4) is 0 Å². The second kappa shape index (κ2) is 9.46. The molecule has 0 heterocycles. The van der Waals surface area contributed by atoms with Crippen molar-refractivity contribution in [1.82, 2.24) is 0 Å². The van der Waals surface area contributed by atoms with Gasteiger partial charge in [0, 0.05) is 23.3 Å². The van der Waals surface area contributed by atoms with Gasteiger partial charge in [-0.2, -0.15) is 0 Å². The zero-order chi connectivity index (χ0) is 5.58. The van der Waals surface area contributed by atoms with Crippen molar-refractivity contribution in [1.29, 1.82) is 0 Å². The molecule has 0 unspecified atom stereocenters. The van der Waals surface area contributed by atoms with E-state index in [0.717, 1.165) is 0 Å². The summed E-state index contributed by atoms with van der Waals surface area (Å²) in [5.74, 6) is 0. The molecule has 0 aromatic carbocycles. The van der Waals surface area contributed by atoms with Crippen LogP contribution >= 0.6 is 9.42 Å². The fraction of sp³-hybridized carbons (Fsp3) is 1.00. The number of hydrogen-bond acceptors (Lipinski definition) is 1. The van der Waals surface area contributed by atoms with Gasteiger partial charge in [-0.15, -0.1) is 0 Å². The van der Waals surface area contributed by atoms with Gasteiger partial charge in [0.2, 0.25) is 0 Å². The Hall–Kier alpha value is 1.13.